The Morgan fingerprint density at radius 1 is 1.00 bits per heavy atom. The van der Waals surface area contributed by atoms with Crippen LogP contribution in [0.1, 0.15) is 38.1 Å². The number of H-pyrrole nitrogens is 1. The molecule has 4 rings (SSSR count). The van der Waals surface area contributed by atoms with E-state index in [1.165, 1.54) is 6.42 Å². The number of pyridine rings is 1. The zero-order valence-corrected chi connectivity index (χ0v) is 13.4. The average molecular weight is 321 g/mol. The second-order valence-electron chi connectivity index (χ2n) is 6.34. The van der Waals surface area contributed by atoms with Crippen LogP contribution in [0.5, 0.6) is 0 Å². The normalized spacial score (nSPS) is 15.7. The summed E-state index contributed by atoms with van der Waals surface area (Å²) in [6.07, 6.45) is 7.01. The molecular formula is C19H19N3O2. The van der Waals surface area contributed by atoms with Gasteiger partial charge < -0.3 is 0 Å². The van der Waals surface area contributed by atoms with Crippen molar-refractivity contribution >= 4 is 11.0 Å². The van der Waals surface area contributed by atoms with Crippen LogP contribution < -0.4 is 11.2 Å². The van der Waals surface area contributed by atoms with Gasteiger partial charge >= 0.3 is 5.69 Å². The molecule has 1 aliphatic rings. The first-order valence-electron chi connectivity index (χ1n) is 8.44. The fraction of sp³-hybridized carbons (Fsp3) is 0.316. The van der Waals surface area contributed by atoms with E-state index < -0.39 is 0 Å². The molecule has 5 nitrogen and oxygen atoms in total. The Hall–Kier alpha value is -2.69. The molecule has 1 fully saturated rings. The van der Waals surface area contributed by atoms with Gasteiger partial charge in [-0.15, -0.1) is 0 Å². The lowest BCUT2D eigenvalue weighted by molar-refractivity contribution is 0.349. The van der Waals surface area contributed by atoms with Gasteiger partial charge in [0, 0.05) is 12.2 Å². The largest absolute Gasteiger partial charge is 0.330 e. The molecule has 0 spiro atoms. The van der Waals surface area contributed by atoms with E-state index in [2.05, 4.69) is 9.97 Å². The third kappa shape index (κ3) is 2.46. The van der Waals surface area contributed by atoms with E-state index in [0.29, 0.717) is 11.0 Å². The zero-order chi connectivity index (χ0) is 16.5. The van der Waals surface area contributed by atoms with Crippen LogP contribution in [0, 0.1) is 0 Å². The summed E-state index contributed by atoms with van der Waals surface area (Å²) < 4.78 is 1.70. The predicted molar refractivity (Wildman–Crippen MR) is 94.2 cm³/mol. The number of hydrogen-bond acceptors (Lipinski definition) is 3. The summed E-state index contributed by atoms with van der Waals surface area (Å²) in [5.41, 5.74) is 1.54. The van der Waals surface area contributed by atoms with Crippen LogP contribution in [0.2, 0.25) is 0 Å². The number of nitrogens with zero attached hydrogens (tertiary/aromatic N) is 2. The Morgan fingerprint density at radius 2 is 1.75 bits per heavy atom. The highest BCUT2D eigenvalue weighted by atomic mass is 16.2. The number of fused-ring (bicyclic) bond motifs is 1. The quantitative estimate of drug-likeness (QED) is 0.788. The highest BCUT2D eigenvalue weighted by molar-refractivity contribution is 5.91. The van der Waals surface area contributed by atoms with Crippen molar-refractivity contribution in [1.29, 1.82) is 0 Å². The Morgan fingerprint density at radius 3 is 2.50 bits per heavy atom. The maximum atomic E-state index is 12.5. The van der Waals surface area contributed by atoms with E-state index in [-0.39, 0.29) is 17.3 Å². The molecule has 0 atom stereocenters. The summed E-state index contributed by atoms with van der Waals surface area (Å²) in [7, 11) is 0. The topological polar surface area (TPSA) is 67.8 Å². The van der Waals surface area contributed by atoms with Gasteiger partial charge in [-0.05, 0) is 30.0 Å². The minimum absolute atomic E-state index is 0.115. The van der Waals surface area contributed by atoms with Crippen molar-refractivity contribution in [3.05, 3.63) is 63.4 Å². The lowest BCUT2D eigenvalue weighted by atomic mass is 9.95. The summed E-state index contributed by atoms with van der Waals surface area (Å²) in [6, 6.07) is 11.7. The van der Waals surface area contributed by atoms with Crippen LogP contribution in [0.3, 0.4) is 0 Å². The Balaban J connectivity index is 2.02. The minimum Gasteiger partial charge on any atom is -0.274 e. The number of nitrogens with one attached hydrogen (secondary N) is 1. The third-order valence-electron chi connectivity index (χ3n) is 4.85. The summed E-state index contributed by atoms with van der Waals surface area (Å²) in [5, 5.41) is 0.494. The number of aromatic amines is 1. The molecule has 0 radical (unpaired) electrons. The monoisotopic (exact) mass is 321 g/mol. The third-order valence-corrected chi connectivity index (χ3v) is 4.85. The van der Waals surface area contributed by atoms with Crippen LogP contribution in [0.4, 0.5) is 0 Å². The Bertz CT molecular complexity index is 983. The van der Waals surface area contributed by atoms with E-state index in [0.717, 1.165) is 36.8 Å². The van der Waals surface area contributed by atoms with Crippen LogP contribution in [0.15, 0.2) is 52.2 Å². The molecule has 0 amide bonds. The van der Waals surface area contributed by atoms with Crippen LogP contribution in [0.25, 0.3) is 22.2 Å². The van der Waals surface area contributed by atoms with Crippen molar-refractivity contribution in [2.24, 2.45) is 0 Å². The molecule has 1 saturated carbocycles. The number of rotatable bonds is 2. The highest BCUT2D eigenvalue weighted by Crippen LogP contribution is 2.30. The predicted octanol–water partition coefficient (Wildman–Crippen LogP) is 3.26. The molecule has 5 heteroatoms. The molecule has 2 aromatic heterocycles. The molecule has 0 bridgehead atoms. The van der Waals surface area contributed by atoms with Gasteiger partial charge in [-0.3, -0.25) is 14.3 Å². The fourth-order valence-corrected chi connectivity index (χ4v) is 3.71. The molecule has 122 valence electrons. The fourth-order valence-electron chi connectivity index (χ4n) is 3.71. The van der Waals surface area contributed by atoms with Crippen LogP contribution in [-0.4, -0.2) is 14.5 Å². The second-order valence-corrected chi connectivity index (χ2v) is 6.34. The van der Waals surface area contributed by atoms with Crippen molar-refractivity contribution in [3.63, 3.8) is 0 Å². The van der Waals surface area contributed by atoms with Crippen molar-refractivity contribution in [1.82, 2.24) is 14.5 Å². The molecule has 24 heavy (non-hydrogen) atoms. The number of benzene rings is 1. The van der Waals surface area contributed by atoms with E-state index in [1.54, 1.807) is 10.8 Å². The number of hydrogen-bond donors (Lipinski definition) is 1. The lowest BCUT2D eigenvalue weighted by Gasteiger charge is -2.24. The first-order chi connectivity index (χ1) is 11.8. The molecule has 1 aliphatic carbocycles. The van der Waals surface area contributed by atoms with Gasteiger partial charge in [-0.2, -0.15) is 0 Å². The molecular weight excluding hydrogens is 302 g/mol. The van der Waals surface area contributed by atoms with Gasteiger partial charge in [0.25, 0.3) is 5.56 Å². The molecule has 1 N–H and O–H groups in total. The van der Waals surface area contributed by atoms with Gasteiger partial charge in [0.05, 0.1) is 5.39 Å². The van der Waals surface area contributed by atoms with Gasteiger partial charge in [-0.25, -0.2) is 9.78 Å². The van der Waals surface area contributed by atoms with E-state index >= 15 is 0 Å². The van der Waals surface area contributed by atoms with Crippen LogP contribution >= 0.6 is 0 Å². The van der Waals surface area contributed by atoms with Crippen molar-refractivity contribution in [2.45, 2.75) is 38.1 Å². The van der Waals surface area contributed by atoms with Gasteiger partial charge in [0.2, 0.25) is 0 Å². The standard InChI is InChI=1S/C19H19N3O2/c23-18-16-15(13-7-3-1-4-8-13)11-12-20-17(16)22(19(24)21-18)14-9-5-2-6-10-14/h1,3-4,7-8,11-12,14H,2,5-6,9-10H2,(H,21,23,24). The van der Waals surface area contributed by atoms with Crippen molar-refractivity contribution in [3.8, 4) is 11.1 Å². The second kappa shape index (κ2) is 6.07. The highest BCUT2D eigenvalue weighted by Gasteiger charge is 2.21. The Kier molecular flexibility index (Phi) is 3.76. The van der Waals surface area contributed by atoms with Crippen molar-refractivity contribution < 1.29 is 0 Å². The first kappa shape index (κ1) is 14.9. The molecule has 1 aromatic carbocycles. The average Bonchev–Trinajstić information content (AvgIpc) is 2.63. The SMILES string of the molecule is O=c1[nH]c(=O)n(C2CCCCC2)c2nccc(-c3ccccc3)c12. The zero-order valence-electron chi connectivity index (χ0n) is 13.4. The van der Waals surface area contributed by atoms with E-state index in [1.807, 2.05) is 36.4 Å². The molecule has 0 unspecified atom stereocenters. The molecule has 0 saturated heterocycles. The lowest BCUT2D eigenvalue weighted by Crippen LogP contribution is -2.34. The maximum Gasteiger partial charge on any atom is 0.330 e. The molecule has 3 aromatic rings. The van der Waals surface area contributed by atoms with Gasteiger partial charge in [0.15, 0.2) is 0 Å². The minimum atomic E-state index is -0.367. The van der Waals surface area contributed by atoms with E-state index in [4.69, 9.17) is 0 Å². The number of aromatic nitrogens is 3. The smallest absolute Gasteiger partial charge is 0.274 e. The molecule has 2 heterocycles. The summed E-state index contributed by atoms with van der Waals surface area (Å²) in [5.74, 6) is 0. The van der Waals surface area contributed by atoms with Gasteiger partial charge in [0.1, 0.15) is 5.65 Å². The van der Waals surface area contributed by atoms with E-state index in [9.17, 15) is 9.59 Å². The summed E-state index contributed by atoms with van der Waals surface area (Å²) in [6.45, 7) is 0. The van der Waals surface area contributed by atoms with Crippen molar-refractivity contribution in [2.75, 3.05) is 0 Å². The van der Waals surface area contributed by atoms with Crippen LogP contribution in [-0.2, 0) is 0 Å². The first-order valence-corrected chi connectivity index (χ1v) is 8.44. The summed E-state index contributed by atoms with van der Waals surface area (Å²) in [4.78, 5) is 31.9. The summed E-state index contributed by atoms with van der Waals surface area (Å²) >= 11 is 0. The maximum absolute atomic E-state index is 12.5. The van der Waals surface area contributed by atoms with Gasteiger partial charge in [-0.1, -0.05) is 49.6 Å². The Labute approximate surface area is 139 Å². The molecule has 0 aliphatic heterocycles.